The molecule has 0 unspecified atom stereocenters. The fourth-order valence-corrected chi connectivity index (χ4v) is 5.10. The molecule has 0 saturated carbocycles. The number of anilines is 2. The van der Waals surface area contributed by atoms with E-state index in [4.69, 9.17) is 16.3 Å². The van der Waals surface area contributed by atoms with Crippen molar-refractivity contribution in [3.8, 4) is 5.75 Å². The molecule has 32 heavy (non-hydrogen) atoms. The fourth-order valence-electron chi connectivity index (χ4n) is 3.25. The number of thioether (sulfide) groups is 1. The molecule has 1 aliphatic rings. The topological polar surface area (TPSA) is 71.1 Å². The van der Waals surface area contributed by atoms with Crippen LogP contribution < -0.4 is 9.64 Å². The molecule has 4 aromatic rings. The maximum Gasteiger partial charge on any atom is 0.242 e. The quantitative estimate of drug-likeness (QED) is 0.343. The average molecular weight is 481 g/mol. The Bertz CT molecular complexity index is 1220. The van der Waals surface area contributed by atoms with E-state index in [9.17, 15) is 4.79 Å². The molecule has 3 aromatic carbocycles. The third-order valence-electron chi connectivity index (χ3n) is 4.71. The number of H-pyrrole nitrogens is 1. The molecular weight excluding hydrogens is 464 g/mol. The summed E-state index contributed by atoms with van der Waals surface area (Å²) in [6.07, 6.45) is 0. The molecule has 0 radical (unpaired) electrons. The van der Waals surface area contributed by atoms with Crippen LogP contribution in [0.2, 0.25) is 5.02 Å². The number of benzene rings is 3. The van der Waals surface area contributed by atoms with Crippen LogP contribution in [-0.4, -0.2) is 26.8 Å². The van der Waals surface area contributed by atoms with E-state index in [1.54, 1.807) is 40.9 Å². The molecule has 160 valence electrons. The Labute approximate surface area is 198 Å². The minimum Gasteiger partial charge on any atom is -0.486 e. The number of carbonyl (C=O) groups is 1. The van der Waals surface area contributed by atoms with E-state index in [-0.39, 0.29) is 18.3 Å². The molecule has 5 rings (SSSR count). The number of amides is 1. The fraction of sp³-hybridized carbons (Fsp3) is 0.0870. The van der Waals surface area contributed by atoms with Gasteiger partial charge in [-0.25, -0.2) is 4.98 Å². The first-order valence-electron chi connectivity index (χ1n) is 9.79. The highest BCUT2D eigenvalue weighted by Gasteiger charge is 2.27. The van der Waals surface area contributed by atoms with Crippen LogP contribution in [0.4, 0.5) is 11.4 Å². The summed E-state index contributed by atoms with van der Waals surface area (Å²) in [5.74, 6) is 1.46. The number of aromatic amines is 1. The lowest BCUT2D eigenvalue weighted by Crippen LogP contribution is -2.30. The molecule has 1 N–H and O–H groups in total. The number of nitrogens with one attached hydrogen (secondary N) is 1. The van der Waals surface area contributed by atoms with Crippen molar-refractivity contribution in [2.75, 3.05) is 10.7 Å². The first kappa shape index (κ1) is 20.9. The summed E-state index contributed by atoms with van der Waals surface area (Å²) in [5.41, 5.74) is 1.79. The second-order valence-electron chi connectivity index (χ2n) is 6.86. The first-order chi connectivity index (χ1) is 15.7. The molecule has 6 nitrogen and oxygen atoms in total. The summed E-state index contributed by atoms with van der Waals surface area (Å²) in [7, 11) is 0. The predicted octanol–water partition coefficient (Wildman–Crippen LogP) is 5.96. The molecule has 0 saturated heterocycles. The Morgan fingerprint density at radius 2 is 1.66 bits per heavy atom. The van der Waals surface area contributed by atoms with E-state index < -0.39 is 0 Å². The van der Waals surface area contributed by atoms with Gasteiger partial charge in [0, 0.05) is 14.8 Å². The summed E-state index contributed by atoms with van der Waals surface area (Å²) < 4.78 is 5.68. The Kier molecular flexibility index (Phi) is 6.07. The number of para-hydroxylation sites is 2. The van der Waals surface area contributed by atoms with Gasteiger partial charge in [-0.3, -0.25) is 14.8 Å². The van der Waals surface area contributed by atoms with Gasteiger partial charge >= 0.3 is 0 Å². The van der Waals surface area contributed by atoms with Crippen molar-refractivity contribution in [1.82, 2.24) is 15.2 Å². The second kappa shape index (κ2) is 9.28. The Hall–Kier alpha value is -2.94. The van der Waals surface area contributed by atoms with Gasteiger partial charge in [-0.1, -0.05) is 59.4 Å². The van der Waals surface area contributed by atoms with Crippen LogP contribution in [0.3, 0.4) is 0 Å². The molecule has 0 spiro atoms. The van der Waals surface area contributed by atoms with Gasteiger partial charge in [0.1, 0.15) is 12.4 Å². The number of ether oxygens (including phenoxy) is 1. The largest absolute Gasteiger partial charge is 0.486 e. The molecular formula is C23H17ClN4O2S2. The molecule has 0 atom stereocenters. The van der Waals surface area contributed by atoms with E-state index in [0.717, 1.165) is 21.2 Å². The molecule has 1 amide bonds. The van der Waals surface area contributed by atoms with Crippen LogP contribution in [-0.2, 0) is 11.4 Å². The zero-order valence-corrected chi connectivity index (χ0v) is 19.1. The highest BCUT2D eigenvalue weighted by molar-refractivity contribution is 8.00. The minimum atomic E-state index is -0.0287. The third-order valence-corrected chi connectivity index (χ3v) is 6.92. The standard InChI is InChI=1S/C23H17ClN4O2S2/c24-15-9-11-16(12-10-15)30-13-21-25-23(27-26-21)31-14-22(29)28-17-5-1-3-7-19(17)32-20-8-4-2-6-18(20)28/h1-12H,13-14H2,(H,25,26,27). The van der Waals surface area contributed by atoms with Crippen molar-refractivity contribution in [3.63, 3.8) is 0 Å². The number of nitrogens with zero attached hydrogens (tertiary/aromatic N) is 3. The monoisotopic (exact) mass is 480 g/mol. The molecule has 1 aromatic heterocycles. The summed E-state index contributed by atoms with van der Waals surface area (Å²) in [5, 5.41) is 8.21. The minimum absolute atomic E-state index is 0.0287. The number of hydrogen-bond acceptors (Lipinski definition) is 6. The van der Waals surface area contributed by atoms with Gasteiger partial charge in [0.05, 0.1) is 17.1 Å². The zero-order valence-electron chi connectivity index (χ0n) is 16.7. The van der Waals surface area contributed by atoms with Crippen molar-refractivity contribution in [3.05, 3.63) is 83.6 Å². The molecule has 0 bridgehead atoms. The first-order valence-corrected chi connectivity index (χ1v) is 12.0. The normalized spacial score (nSPS) is 12.2. The van der Waals surface area contributed by atoms with Gasteiger partial charge in [0.15, 0.2) is 5.82 Å². The van der Waals surface area contributed by atoms with Crippen molar-refractivity contribution in [1.29, 1.82) is 0 Å². The predicted molar refractivity (Wildman–Crippen MR) is 127 cm³/mol. The summed E-state index contributed by atoms with van der Waals surface area (Å²) in [4.78, 5) is 21.6. The zero-order chi connectivity index (χ0) is 21.9. The summed E-state index contributed by atoms with van der Waals surface area (Å²) in [6.45, 7) is 0.243. The van der Waals surface area contributed by atoms with Crippen LogP contribution in [0.15, 0.2) is 87.7 Å². The Morgan fingerprint density at radius 3 is 2.34 bits per heavy atom. The SMILES string of the molecule is O=C(CSc1n[nH]c(COc2ccc(Cl)cc2)n1)N1c2ccccc2Sc2ccccc21. The third kappa shape index (κ3) is 4.48. The molecule has 1 aliphatic heterocycles. The van der Waals surface area contributed by atoms with Gasteiger partial charge in [-0.2, -0.15) is 0 Å². The van der Waals surface area contributed by atoms with Gasteiger partial charge in [0.25, 0.3) is 0 Å². The number of carbonyl (C=O) groups excluding carboxylic acids is 1. The van der Waals surface area contributed by atoms with E-state index in [0.29, 0.717) is 21.8 Å². The van der Waals surface area contributed by atoms with Gasteiger partial charge < -0.3 is 4.74 Å². The van der Waals surface area contributed by atoms with Crippen LogP contribution in [0.1, 0.15) is 5.82 Å². The van der Waals surface area contributed by atoms with Crippen molar-refractivity contribution in [2.24, 2.45) is 0 Å². The smallest absolute Gasteiger partial charge is 0.242 e. The van der Waals surface area contributed by atoms with Gasteiger partial charge in [-0.15, -0.1) is 5.10 Å². The lowest BCUT2D eigenvalue weighted by atomic mass is 10.2. The van der Waals surface area contributed by atoms with E-state index in [1.807, 2.05) is 48.5 Å². The maximum absolute atomic E-state index is 13.2. The molecule has 2 heterocycles. The number of fused-ring (bicyclic) bond motifs is 2. The number of aromatic nitrogens is 3. The van der Waals surface area contributed by atoms with Gasteiger partial charge in [0.2, 0.25) is 11.1 Å². The lowest BCUT2D eigenvalue weighted by Gasteiger charge is -2.30. The average Bonchev–Trinajstić information content (AvgIpc) is 3.28. The maximum atomic E-state index is 13.2. The number of rotatable bonds is 6. The highest BCUT2D eigenvalue weighted by atomic mass is 35.5. The number of hydrogen-bond donors (Lipinski definition) is 1. The number of halogens is 1. The van der Waals surface area contributed by atoms with Crippen molar-refractivity contribution in [2.45, 2.75) is 21.6 Å². The molecule has 0 aliphatic carbocycles. The van der Waals surface area contributed by atoms with E-state index >= 15 is 0 Å². The highest BCUT2D eigenvalue weighted by Crippen LogP contribution is 2.48. The summed E-state index contributed by atoms with van der Waals surface area (Å²) in [6, 6.07) is 23.0. The molecule has 9 heteroatoms. The van der Waals surface area contributed by atoms with E-state index in [1.165, 1.54) is 11.8 Å². The lowest BCUT2D eigenvalue weighted by molar-refractivity contribution is -0.115. The van der Waals surface area contributed by atoms with Crippen molar-refractivity contribution >= 4 is 52.4 Å². The van der Waals surface area contributed by atoms with Crippen LogP contribution in [0, 0.1) is 0 Å². The van der Waals surface area contributed by atoms with Gasteiger partial charge in [-0.05, 0) is 48.5 Å². The van der Waals surface area contributed by atoms with Crippen molar-refractivity contribution < 1.29 is 9.53 Å². The van der Waals surface area contributed by atoms with Crippen LogP contribution in [0.5, 0.6) is 5.75 Å². The van der Waals surface area contributed by atoms with E-state index in [2.05, 4.69) is 15.2 Å². The second-order valence-corrected chi connectivity index (χ2v) is 9.33. The molecule has 0 fully saturated rings. The van der Waals surface area contributed by atoms with Crippen LogP contribution >= 0.6 is 35.1 Å². The van der Waals surface area contributed by atoms with Crippen LogP contribution in [0.25, 0.3) is 0 Å². The summed E-state index contributed by atoms with van der Waals surface area (Å²) >= 11 is 8.85. The Balaban J connectivity index is 1.25. The Morgan fingerprint density at radius 1 is 1.00 bits per heavy atom.